The summed E-state index contributed by atoms with van der Waals surface area (Å²) >= 11 is 9.92. The minimum Gasteiger partial charge on any atom is -0.493 e. The Morgan fingerprint density at radius 2 is 1.62 bits per heavy atom. The van der Waals surface area contributed by atoms with Crippen molar-refractivity contribution in [2.45, 2.75) is 46.2 Å². The van der Waals surface area contributed by atoms with Crippen molar-refractivity contribution in [3.63, 3.8) is 0 Å². The van der Waals surface area contributed by atoms with Gasteiger partial charge in [0.1, 0.15) is 0 Å². The number of ketones is 1. The molecule has 3 aromatic carbocycles. The molecule has 0 spiro atoms. The maximum atomic E-state index is 13.1. The molecule has 1 amide bonds. The monoisotopic (exact) mass is 695 g/mol. The number of rotatable bonds is 11. The van der Waals surface area contributed by atoms with E-state index in [1.54, 1.807) is 19.2 Å². The molecule has 238 valence electrons. The molecule has 0 aromatic heterocycles. The van der Waals surface area contributed by atoms with E-state index in [4.69, 9.17) is 26.2 Å². The number of benzene rings is 3. The van der Waals surface area contributed by atoms with Gasteiger partial charge < -0.3 is 19.3 Å². The third-order valence-corrected chi connectivity index (χ3v) is 9.01. The lowest BCUT2D eigenvalue weighted by atomic mass is 10.1. The topological polar surface area (TPSA) is 77.9 Å². The summed E-state index contributed by atoms with van der Waals surface area (Å²) in [5, 5.41) is 7.26. The van der Waals surface area contributed by atoms with Gasteiger partial charge in [-0.25, -0.2) is 5.01 Å². The van der Waals surface area contributed by atoms with Gasteiger partial charge >= 0.3 is 0 Å². The number of likely N-dealkylation sites (tertiary alicyclic amines) is 1. The zero-order chi connectivity index (χ0) is 32.1. The highest BCUT2D eigenvalue weighted by atomic mass is 79.9. The molecule has 1 saturated heterocycles. The van der Waals surface area contributed by atoms with Crippen molar-refractivity contribution >= 4 is 62.1 Å². The lowest BCUT2D eigenvalue weighted by Crippen LogP contribution is -2.38. The molecule has 2 aliphatic rings. The minimum absolute atomic E-state index is 0.0451. The van der Waals surface area contributed by atoms with E-state index in [-0.39, 0.29) is 18.3 Å². The number of hydrogen-bond donors (Lipinski definition) is 0. The highest BCUT2D eigenvalue weighted by Gasteiger charge is 2.40. The molecule has 0 aliphatic carbocycles. The number of Topliss-reactive ketones (excluding diaryl/α,β-unsaturated/α-hetero) is 1. The van der Waals surface area contributed by atoms with E-state index in [2.05, 4.69) is 46.8 Å². The van der Waals surface area contributed by atoms with Crippen molar-refractivity contribution in [3.8, 4) is 11.5 Å². The fourth-order valence-corrected chi connectivity index (χ4v) is 6.53. The van der Waals surface area contributed by atoms with Crippen LogP contribution in [0, 0.1) is 0 Å². The zero-order valence-corrected chi connectivity index (χ0v) is 28.5. The zero-order valence-electron chi connectivity index (χ0n) is 26.1. The lowest BCUT2D eigenvalue weighted by molar-refractivity contribution is -0.134. The first-order valence-corrected chi connectivity index (χ1v) is 16.5. The second-order valence-electron chi connectivity index (χ2n) is 11.0. The van der Waals surface area contributed by atoms with Crippen LogP contribution in [0.4, 0.5) is 17.1 Å². The van der Waals surface area contributed by atoms with E-state index in [9.17, 15) is 9.59 Å². The largest absolute Gasteiger partial charge is 0.493 e. The highest BCUT2D eigenvalue weighted by molar-refractivity contribution is 9.10. The van der Waals surface area contributed by atoms with Gasteiger partial charge in [-0.1, -0.05) is 11.6 Å². The van der Waals surface area contributed by atoms with Crippen molar-refractivity contribution in [1.82, 2.24) is 4.90 Å². The molecular formula is C34H39BrClN5O4. The predicted molar refractivity (Wildman–Crippen MR) is 184 cm³/mol. The van der Waals surface area contributed by atoms with Gasteiger partial charge in [0, 0.05) is 55.1 Å². The first kappa shape index (κ1) is 32.6. The smallest absolute Gasteiger partial charge is 0.260 e. The molecule has 11 heteroatoms. The number of hydrogen-bond acceptors (Lipinski definition) is 8. The lowest BCUT2D eigenvalue weighted by Gasteiger charge is -2.33. The molecule has 45 heavy (non-hydrogen) atoms. The van der Waals surface area contributed by atoms with Crippen molar-refractivity contribution in [3.05, 3.63) is 75.7 Å². The summed E-state index contributed by atoms with van der Waals surface area (Å²) in [6, 6.07) is 19.3. The number of methoxy groups -OCH3 is 1. The van der Waals surface area contributed by atoms with Crippen molar-refractivity contribution in [2.75, 3.05) is 54.7 Å². The van der Waals surface area contributed by atoms with Gasteiger partial charge in [-0.2, -0.15) is 0 Å². The predicted octanol–water partition coefficient (Wildman–Crippen LogP) is 7.28. The third kappa shape index (κ3) is 7.07. The van der Waals surface area contributed by atoms with Gasteiger partial charge in [-0.3, -0.25) is 14.5 Å². The molecule has 3 aromatic rings. The number of piperidine rings is 1. The molecule has 1 fully saturated rings. The average Bonchev–Trinajstić information content (AvgIpc) is 3.46. The Balaban J connectivity index is 1.55. The Morgan fingerprint density at radius 3 is 2.22 bits per heavy atom. The van der Waals surface area contributed by atoms with Crippen LogP contribution in [0.3, 0.4) is 0 Å². The maximum Gasteiger partial charge on any atom is 0.260 e. The maximum absolute atomic E-state index is 13.1. The van der Waals surface area contributed by atoms with Crippen LogP contribution in [0.1, 0.15) is 51.8 Å². The fourth-order valence-electron chi connectivity index (χ4n) is 5.83. The van der Waals surface area contributed by atoms with Crippen LogP contribution in [-0.4, -0.2) is 62.3 Å². The molecule has 5 rings (SSSR count). The summed E-state index contributed by atoms with van der Waals surface area (Å²) < 4.78 is 12.5. The molecule has 1 atom stereocenters. The number of nitrogens with zero attached hydrogens (tertiary/aromatic N) is 5. The van der Waals surface area contributed by atoms with E-state index in [1.807, 2.05) is 51.2 Å². The third-order valence-electron chi connectivity index (χ3n) is 8.17. The Labute approximate surface area is 278 Å². The number of anilines is 3. The van der Waals surface area contributed by atoms with Crippen LogP contribution in [0.5, 0.6) is 11.5 Å². The molecule has 0 radical (unpaired) electrons. The number of halogens is 2. The van der Waals surface area contributed by atoms with Crippen LogP contribution in [-0.2, 0) is 9.59 Å². The number of ether oxygens (including phenoxy) is 2. The number of hydrazone groups is 1. The summed E-state index contributed by atoms with van der Waals surface area (Å²) in [7, 11) is 1.57. The molecule has 0 bridgehead atoms. The van der Waals surface area contributed by atoms with E-state index in [0.29, 0.717) is 26.8 Å². The standard InChI is InChI=1S/C34H39BrClN5O4/c1-5-38(6-2)26-14-16-27(17-15-26)40-33(23(3)42)37-41(28-12-10-25(36)11-13-28)34(40)24-20-29(35)32(30(21-24)44-4)45-22-31(43)39-18-8-7-9-19-39/h10-17,20-21,34H,5-9,18-19,22H2,1-4H3/t34-/m0/s1. The van der Waals surface area contributed by atoms with Gasteiger partial charge in [-0.05, 0) is 110 Å². The van der Waals surface area contributed by atoms with E-state index in [1.165, 1.54) is 6.92 Å². The molecule has 0 unspecified atom stereocenters. The van der Waals surface area contributed by atoms with Crippen LogP contribution >= 0.6 is 27.5 Å². The first-order chi connectivity index (χ1) is 21.7. The number of carbonyl (C=O) groups excluding carboxylic acids is 2. The molecule has 2 aliphatic heterocycles. The summed E-state index contributed by atoms with van der Waals surface area (Å²) in [5.41, 5.74) is 3.45. The number of amides is 1. The van der Waals surface area contributed by atoms with Crippen molar-refractivity contribution < 1.29 is 19.1 Å². The van der Waals surface area contributed by atoms with Crippen LogP contribution in [0.15, 0.2) is 70.2 Å². The summed E-state index contributed by atoms with van der Waals surface area (Å²) in [4.78, 5) is 32.0. The van der Waals surface area contributed by atoms with Gasteiger partial charge in [0.2, 0.25) is 0 Å². The van der Waals surface area contributed by atoms with Gasteiger partial charge in [0.15, 0.2) is 35.9 Å². The Morgan fingerprint density at radius 1 is 0.978 bits per heavy atom. The molecule has 0 saturated carbocycles. The normalized spacial score (nSPS) is 16.4. The van der Waals surface area contributed by atoms with Crippen LogP contribution < -0.4 is 24.3 Å². The second kappa shape index (κ2) is 14.6. The number of carbonyl (C=O) groups is 2. The molecule has 0 N–H and O–H groups in total. The summed E-state index contributed by atoms with van der Waals surface area (Å²) in [6.07, 6.45) is 2.61. The van der Waals surface area contributed by atoms with E-state index < -0.39 is 6.17 Å². The van der Waals surface area contributed by atoms with Gasteiger partial charge in [0.05, 0.1) is 17.3 Å². The fraction of sp³-hybridized carbons (Fsp3) is 0.382. The van der Waals surface area contributed by atoms with Crippen molar-refractivity contribution in [1.29, 1.82) is 0 Å². The molecule has 9 nitrogen and oxygen atoms in total. The van der Waals surface area contributed by atoms with E-state index >= 15 is 0 Å². The Bertz CT molecular complexity index is 1540. The van der Waals surface area contributed by atoms with Crippen LogP contribution in [0.2, 0.25) is 5.02 Å². The molecule has 2 heterocycles. The Kier molecular flexibility index (Phi) is 10.6. The SMILES string of the molecule is CCN(CC)c1ccc(N2C(C(C)=O)=NN(c3ccc(Cl)cc3)[C@H]2c2cc(Br)c(OCC(=O)N3CCCCC3)c(OC)c2)cc1. The number of amidine groups is 1. The average molecular weight is 697 g/mol. The highest BCUT2D eigenvalue weighted by Crippen LogP contribution is 2.44. The first-order valence-electron chi connectivity index (χ1n) is 15.3. The van der Waals surface area contributed by atoms with Gasteiger partial charge in [-0.15, -0.1) is 5.10 Å². The summed E-state index contributed by atoms with van der Waals surface area (Å²) in [6.45, 7) is 8.97. The van der Waals surface area contributed by atoms with Crippen LogP contribution in [0.25, 0.3) is 0 Å². The summed E-state index contributed by atoms with van der Waals surface area (Å²) in [5.74, 6) is 0.969. The molecular weight excluding hydrogens is 658 g/mol. The Hall–Kier alpha value is -3.76. The minimum atomic E-state index is -0.557. The van der Waals surface area contributed by atoms with E-state index in [0.717, 1.165) is 68.1 Å². The van der Waals surface area contributed by atoms with Crippen molar-refractivity contribution in [2.24, 2.45) is 5.10 Å². The quantitative estimate of drug-likeness (QED) is 0.209. The van der Waals surface area contributed by atoms with Gasteiger partial charge in [0.25, 0.3) is 5.91 Å². The second-order valence-corrected chi connectivity index (χ2v) is 12.3.